The smallest absolute Gasteiger partial charge is 0.267 e. The molecule has 5 rings (SSSR count). The molecular weight excluding hydrogens is 385 g/mol. The first-order valence-electron chi connectivity index (χ1n) is 10.0. The zero-order valence-electron chi connectivity index (χ0n) is 16.2. The van der Waals surface area contributed by atoms with Crippen LogP contribution in [0.4, 0.5) is 4.39 Å². The maximum Gasteiger partial charge on any atom is 0.267 e. The summed E-state index contributed by atoms with van der Waals surface area (Å²) >= 11 is 0. The molecule has 8 heteroatoms. The van der Waals surface area contributed by atoms with Crippen LogP contribution < -0.4 is 11.3 Å². The Morgan fingerprint density at radius 1 is 1.13 bits per heavy atom. The van der Waals surface area contributed by atoms with Crippen LogP contribution in [0.2, 0.25) is 0 Å². The molecule has 1 aromatic carbocycles. The predicted octanol–water partition coefficient (Wildman–Crippen LogP) is 2.82. The van der Waals surface area contributed by atoms with Crippen LogP contribution in [0.15, 0.2) is 47.5 Å². The van der Waals surface area contributed by atoms with Gasteiger partial charge in [-0.05, 0) is 60.8 Å². The average Bonchev–Trinajstić information content (AvgIpc) is 3.63. The Bertz CT molecular complexity index is 1190. The van der Waals surface area contributed by atoms with Crippen LogP contribution in [-0.4, -0.2) is 25.4 Å². The molecule has 2 aliphatic rings. The largest absolute Gasteiger partial charge is 0.364 e. The lowest BCUT2D eigenvalue weighted by molar-refractivity contribution is 0.0995. The van der Waals surface area contributed by atoms with E-state index in [9.17, 15) is 14.0 Å². The summed E-state index contributed by atoms with van der Waals surface area (Å²) in [4.78, 5) is 37.6. The minimum atomic E-state index is -0.806. The molecule has 0 saturated heterocycles. The SMILES string of the molecule is NC(=O)c1cc(=O)n([C@@H](c2ccc(C3CC3)c(F)c2)C2CC2)c(-c2ncccn2)n1. The van der Waals surface area contributed by atoms with Gasteiger partial charge < -0.3 is 5.73 Å². The number of carbonyl (C=O) groups is 1. The van der Waals surface area contributed by atoms with E-state index in [1.54, 1.807) is 6.07 Å². The van der Waals surface area contributed by atoms with Crippen LogP contribution in [0, 0.1) is 11.7 Å². The molecule has 2 aliphatic carbocycles. The molecule has 3 aromatic rings. The highest BCUT2D eigenvalue weighted by molar-refractivity contribution is 5.91. The second kappa shape index (κ2) is 7.12. The Balaban J connectivity index is 1.70. The molecule has 0 radical (unpaired) electrons. The summed E-state index contributed by atoms with van der Waals surface area (Å²) in [6, 6.07) is 7.60. The predicted molar refractivity (Wildman–Crippen MR) is 107 cm³/mol. The van der Waals surface area contributed by atoms with Gasteiger partial charge in [0.1, 0.15) is 11.5 Å². The van der Waals surface area contributed by atoms with Gasteiger partial charge >= 0.3 is 0 Å². The number of aromatic nitrogens is 4. The Morgan fingerprint density at radius 3 is 2.47 bits per heavy atom. The van der Waals surface area contributed by atoms with E-state index in [0.29, 0.717) is 11.5 Å². The molecule has 1 amide bonds. The maximum atomic E-state index is 14.8. The Labute approximate surface area is 171 Å². The number of rotatable bonds is 6. The first-order chi connectivity index (χ1) is 14.5. The molecule has 0 spiro atoms. The lowest BCUT2D eigenvalue weighted by Gasteiger charge is -2.23. The molecule has 0 unspecified atom stereocenters. The minimum absolute atomic E-state index is 0.150. The number of amides is 1. The summed E-state index contributed by atoms with van der Waals surface area (Å²) < 4.78 is 16.3. The van der Waals surface area contributed by atoms with Crippen molar-refractivity contribution in [2.24, 2.45) is 11.7 Å². The van der Waals surface area contributed by atoms with Crippen LogP contribution in [-0.2, 0) is 0 Å². The van der Waals surface area contributed by atoms with Gasteiger partial charge in [-0.25, -0.2) is 19.3 Å². The fraction of sp³-hybridized carbons (Fsp3) is 0.318. The fourth-order valence-electron chi connectivity index (χ4n) is 3.96. The highest BCUT2D eigenvalue weighted by Gasteiger charge is 2.37. The lowest BCUT2D eigenvalue weighted by Crippen LogP contribution is -2.32. The van der Waals surface area contributed by atoms with Crippen molar-refractivity contribution in [2.75, 3.05) is 0 Å². The van der Waals surface area contributed by atoms with Crippen molar-refractivity contribution in [2.45, 2.75) is 37.6 Å². The number of carbonyl (C=O) groups excluding carboxylic acids is 1. The van der Waals surface area contributed by atoms with Gasteiger partial charge in [0.2, 0.25) is 0 Å². The summed E-state index contributed by atoms with van der Waals surface area (Å²) in [6.07, 6.45) is 6.91. The topological polar surface area (TPSA) is 104 Å². The van der Waals surface area contributed by atoms with Crippen LogP contribution in [0.1, 0.15) is 59.3 Å². The van der Waals surface area contributed by atoms with Crippen molar-refractivity contribution in [3.63, 3.8) is 0 Å². The third-order valence-corrected chi connectivity index (χ3v) is 5.70. The van der Waals surface area contributed by atoms with E-state index < -0.39 is 17.5 Å². The number of primary amides is 1. The average molecular weight is 405 g/mol. The van der Waals surface area contributed by atoms with Crippen molar-refractivity contribution in [3.8, 4) is 11.6 Å². The normalized spacial score (nSPS) is 17.0. The molecule has 2 N–H and O–H groups in total. The van der Waals surface area contributed by atoms with Crippen molar-refractivity contribution in [1.29, 1.82) is 0 Å². The van der Waals surface area contributed by atoms with Crippen molar-refractivity contribution in [3.05, 3.63) is 75.7 Å². The molecule has 0 aliphatic heterocycles. The molecule has 2 aromatic heterocycles. The molecule has 30 heavy (non-hydrogen) atoms. The zero-order chi connectivity index (χ0) is 20.8. The second-order valence-electron chi connectivity index (χ2n) is 7.95. The van der Waals surface area contributed by atoms with Gasteiger partial charge in [-0.15, -0.1) is 0 Å². The third-order valence-electron chi connectivity index (χ3n) is 5.70. The number of benzene rings is 1. The third kappa shape index (κ3) is 3.38. The van der Waals surface area contributed by atoms with E-state index in [2.05, 4.69) is 15.0 Å². The zero-order valence-corrected chi connectivity index (χ0v) is 16.2. The highest BCUT2D eigenvalue weighted by Crippen LogP contribution is 2.46. The standard InChI is InChI=1S/C22H20FN5O2/c23-16-10-14(6-7-15(16)12-2-3-12)19(13-4-5-13)28-18(29)11-17(20(24)30)27-22(28)21-25-8-1-9-26-21/h1,6-13,19H,2-5H2,(H2,24,30)/t19-/m1/s1. The molecule has 0 bridgehead atoms. The summed E-state index contributed by atoms with van der Waals surface area (Å²) in [6.45, 7) is 0. The fourth-order valence-corrected chi connectivity index (χ4v) is 3.96. The monoisotopic (exact) mass is 405 g/mol. The van der Waals surface area contributed by atoms with E-state index in [-0.39, 0.29) is 29.1 Å². The van der Waals surface area contributed by atoms with E-state index >= 15 is 0 Å². The van der Waals surface area contributed by atoms with E-state index in [1.165, 1.54) is 23.0 Å². The first-order valence-corrected chi connectivity index (χ1v) is 10.0. The summed E-state index contributed by atoms with van der Waals surface area (Å²) in [5.74, 6) is -0.227. The minimum Gasteiger partial charge on any atom is -0.364 e. The number of hydrogen-bond acceptors (Lipinski definition) is 5. The molecule has 2 fully saturated rings. The Hall–Kier alpha value is -3.42. The van der Waals surface area contributed by atoms with Crippen LogP contribution in [0.25, 0.3) is 11.6 Å². The summed E-state index contributed by atoms with van der Waals surface area (Å²) in [5.41, 5.74) is 6.21. The number of halogens is 1. The molecule has 2 heterocycles. The van der Waals surface area contributed by atoms with E-state index in [1.807, 2.05) is 12.1 Å². The lowest BCUT2D eigenvalue weighted by atomic mass is 9.98. The first kappa shape index (κ1) is 18.6. The second-order valence-corrected chi connectivity index (χ2v) is 7.95. The Kier molecular flexibility index (Phi) is 4.42. The summed E-state index contributed by atoms with van der Waals surface area (Å²) in [5, 5.41) is 0. The van der Waals surface area contributed by atoms with E-state index in [0.717, 1.165) is 37.3 Å². The van der Waals surface area contributed by atoms with Crippen LogP contribution >= 0.6 is 0 Å². The molecule has 152 valence electrons. The number of hydrogen-bond donors (Lipinski definition) is 1. The van der Waals surface area contributed by atoms with Gasteiger partial charge in [0.05, 0.1) is 6.04 Å². The van der Waals surface area contributed by atoms with Gasteiger partial charge in [0, 0.05) is 18.5 Å². The van der Waals surface area contributed by atoms with Gasteiger partial charge in [-0.2, -0.15) is 0 Å². The Morgan fingerprint density at radius 2 is 1.87 bits per heavy atom. The highest BCUT2D eigenvalue weighted by atomic mass is 19.1. The summed E-state index contributed by atoms with van der Waals surface area (Å²) in [7, 11) is 0. The molecule has 2 saturated carbocycles. The van der Waals surface area contributed by atoms with Crippen LogP contribution in [0.3, 0.4) is 0 Å². The molecular formula is C22H20FN5O2. The number of nitrogens with two attached hydrogens (primary N) is 1. The van der Waals surface area contributed by atoms with Gasteiger partial charge in [0.15, 0.2) is 11.6 Å². The van der Waals surface area contributed by atoms with E-state index in [4.69, 9.17) is 5.73 Å². The van der Waals surface area contributed by atoms with Gasteiger partial charge in [-0.1, -0.05) is 12.1 Å². The van der Waals surface area contributed by atoms with Crippen molar-refractivity contribution in [1.82, 2.24) is 19.5 Å². The van der Waals surface area contributed by atoms with Crippen molar-refractivity contribution < 1.29 is 9.18 Å². The quantitative estimate of drug-likeness (QED) is 0.679. The maximum absolute atomic E-state index is 14.8. The molecule has 7 nitrogen and oxygen atoms in total. The van der Waals surface area contributed by atoms with Crippen molar-refractivity contribution >= 4 is 5.91 Å². The molecule has 1 atom stereocenters. The van der Waals surface area contributed by atoms with Gasteiger partial charge in [-0.3, -0.25) is 14.2 Å². The van der Waals surface area contributed by atoms with Crippen LogP contribution in [0.5, 0.6) is 0 Å². The van der Waals surface area contributed by atoms with Gasteiger partial charge in [0.25, 0.3) is 11.5 Å². The number of nitrogens with zero attached hydrogens (tertiary/aromatic N) is 4.